The van der Waals surface area contributed by atoms with Crippen LogP contribution in [0.5, 0.6) is 0 Å². The molecule has 0 unspecified atom stereocenters. The number of hydrogen-bond acceptors (Lipinski definition) is 3. The summed E-state index contributed by atoms with van der Waals surface area (Å²) in [5.41, 5.74) is 8.04. The molecule has 0 atom stereocenters. The first-order valence-electron chi connectivity index (χ1n) is 6.80. The maximum atomic E-state index is 6.16. The van der Waals surface area contributed by atoms with E-state index in [1.54, 1.807) is 0 Å². The van der Waals surface area contributed by atoms with Crippen molar-refractivity contribution in [2.75, 3.05) is 11.1 Å². The number of nitrogens with zero attached hydrogens (tertiary/aromatic N) is 2. The van der Waals surface area contributed by atoms with Crippen LogP contribution in [0.15, 0.2) is 0 Å². The van der Waals surface area contributed by atoms with Crippen LogP contribution in [0, 0.1) is 0 Å². The summed E-state index contributed by atoms with van der Waals surface area (Å²) in [5.74, 6) is 1.01. The molecule has 0 saturated heterocycles. The first kappa shape index (κ1) is 12.3. The minimum Gasteiger partial charge on any atom is -0.394 e. The molecule has 4 heteroatoms. The van der Waals surface area contributed by atoms with Gasteiger partial charge in [-0.2, -0.15) is 5.10 Å². The monoisotopic (exact) mass is 236 g/mol. The molecule has 0 bridgehead atoms. The Morgan fingerprint density at radius 1 is 1.35 bits per heavy atom. The summed E-state index contributed by atoms with van der Waals surface area (Å²) < 4.78 is 1.90. The lowest BCUT2D eigenvalue weighted by atomic mass is 9.95. The molecule has 0 spiro atoms. The highest BCUT2D eigenvalue weighted by molar-refractivity contribution is 5.65. The molecule has 1 aliphatic carbocycles. The molecule has 0 aliphatic heterocycles. The Balaban J connectivity index is 2.08. The van der Waals surface area contributed by atoms with E-state index in [2.05, 4.69) is 17.3 Å². The van der Waals surface area contributed by atoms with Gasteiger partial charge in [0, 0.05) is 13.1 Å². The van der Waals surface area contributed by atoms with E-state index in [4.69, 9.17) is 5.73 Å². The number of aryl methyl sites for hydroxylation is 2. The zero-order valence-electron chi connectivity index (χ0n) is 11.0. The van der Waals surface area contributed by atoms with Crippen LogP contribution in [-0.4, -0.2) is 15.8 Å². The summed E-state index contributed by atoms with van der Waals surface area (Å²) in [6, 6.07) is 0.580. The van der Waals surface area contributed by atoms with Crippen molar-refractivity contribution in [1.29, 1.82) is 0 Å². The number of anilines is 2. The van der Waals surface area contributed by atoms with Crippen LogP contribution in [0.1, 0.15) is 51.1 Å². The van der Waals surface area contributed by atoms with Crippen LogP contribution in [0.4, 0.5) is 11.5 Å². The average Bonchev–Trinajstić information content (AvgIpc) is 2.59. The van der Waals surface area contributed by atoms with Crippen molar-refractivity contribution in [3.05, 3.63) is 5.69 Å². The van der Waals surface area contributed by atoms with Crippen LogP contribution in [0.3, 0.4) is 0 Å². The normalized spacial score (nSPS) is 17.3. The third-order valence-electron chi connectivity index (χ3n) is 3.59. The van der Waals surface area contributed by atoms with Crippen molar-refractivity contribution in [2.45, 2.75) is 57.9 Å². The number of hydrogen-bond donors (Lipinski definition) is 2. The lowest BCUT2D eigenvalue weighted by Gasteiger charge is -2.23. The summed E-state index contributed by atoms with van der Waals surface area (Å²) in [6.07, 6.45) is 8.60. The van der Waals surface area contributed by atoms with Gasteiger partial charge in [0.15, 0.2) is 0 Å². The number of nitrogens with two attached hydrogens (primary N) is 1. The lowest BCUT2D eigenvalue weighted by Crippen LogP contribution is -2.24. The van der Waals surface area contributed by atoms with Gasteiger partial charge in [0.2, 0.25) is 0 Å². The molecule has 0 amide bonds. The average molecular weight is 236 g/mol. The fourth-order valence-corrected chi connectivity index (χ4v) is 2.63. The molecule has 1 heterocycles. The van der Waals surface area contributed by atoms with Crippen molar-refractivity contribution in [1.82, 2.24) is 9.78 Å². The fraction of sp³-hybridized carbons (Fsp3) is 0.769. The van der Waals surface area contributed by atoms with E-state index in [9.17, 15) is 0 Å². The molecular weight excluding hydrogens is 212 g/mol. The Labute approximate surface area is 104 Å². The largest absolute Gasteiger partial charge is 0.394 e. The molecule has 2 rings (SSSR count). The highest BCUT2D eigenvalue weighted by Gasteiger charge is 2.18. The molecule has 3 N–H and O–H groups in total. The summed E-state index contributed by atoms with van der Waals surface area (Å²) in [5, 5.41) is 8.07. The molecule has 1 aromatic heterocycles. The molecule has 1 aliphatic rings. The molecule has 1 aromatic rings. The Hall–Kier alpha value is -1.19. The number of nitrogens with one attached hydrogen (secondary N) is 1. The topological polar surface area (TPSA) is 55.9 Å². The van der Waals surface area contributed by atoms with Gasteiger partial charge < -0.3 is 11.1 Å². The van der Waals surface area contributed by atoms with Crippen molar-refractivity contribution in [3.63, 3.8) is 0 Å². The third kappa shape index (κ3) is 2.73. The zero-order valence-corrected chi connectivity index (χ0v) is 11.0. The zero-order chi connectivity index (χ0) is 12.3. The molecule has 0 radical (unpaired) electrons. The van der Waals surface area contributed by atoms with Crippen LogP contribution in [0.25, 0.3) is 0 Å². The summed E-state index contributed by atoms with van der Waals surface area (Å²) in [6.45, 7) is 2.16. The second-order valence-electron chi connectivity index (χ2n) is 5.06. The van der Waals surface area contributed by atoms with Gasteiger partial charge in [-0.05, 0) is 19.3 Å². The van der Waals surface area contributed by atoms with E-state index < -0.39 is 0 Å². The van der Waals surface area contributed by atoms with Gasteiger partial charge >= 0.3 is 0 Å². The van der Waals surface area contributed by atoms with E-state index >= 15 is 0 Å². The maximum absolute atomic E-state index is 6.16. The smallest absolute Gasteiger partial charge is 0.147 e. The SMILES string of the molecule is CCCc1nn(C)c(NC2CCCCC2)c1N. The second-order valence-corrected chi connectivity index (χ2v) is 5.06. The van der Waals surface area contributed by atoms with E-state index in [1.807, 2.05) is 11.7 Å². The highest BCUT2D eigenvalue weighted by atomic mass is 15.3. The summed E-state index contributed by atoms with van der Waals surface area (Å²) in [4.78, 5) is 0. The molecule has 96 valence electrons. The number of nitrogen functional groups attached to an aromatic ring is 1. The van der Waals surface area contributed by atoms with Gasteiger partial charge in [0.1, 0.15) is 5.82 Å². The molecular formula is C13H24N4. The van der Waals surface area contributed by atoms with Gasteiger partial charge in [-0.25, -0.2) is 0 Å². The maximum Gasteiger partial charge on any atom is 0.147 e. The predicted octanol–water partition coefficient (Wildman–Crippen LogP) is 2.70. The van der Waals surface area contributed by atoms with Crippen molar-refractivity contribution >= 4 is 11.5 Å². The van der Waals surface area contributed by atoms with Gasteiger partial charge in [-0.15, -0.1) is 0 Å². The number of aromatic nitrogens is 2. The molecule has 1 saturated carbocycles. The van der Waals surface area contributed by atoms with Gasteiger partial charge in [-0.3, -0.25) is 4.68 Å². The van der Waals surface area contributed by atoms with Crippen LogP contribution >= 0.6 is 0 Å². The van der Waals surface area contributed by atoms with Crippen molar-refractivity contribution < 1.29 is 0 Å². The fourth-order valence-electron chi connectivity index (χ4n) is 2.63. The van der Waals surface area contributed by atoms with Gasteiger partial charge in [-0.1, -0.05) is 32.6 Å². The highest BCUT2D eigenvalue weighted by Crippen LogP contribution is 2.27. The van der Waals surface area contributed by atoms with E-state index in [0.29, 0.717) is 6.04 Å². The second kappa shape index (κ2) is 5.43. The number of rotatable bonds is 4. The molecule has 17 heavy (non-hydrogen) atoms. The summed E-state index contributed by atoms with van der Waals surface area (Å²) in [7, 11) is 1.97. The summed E-state index contributed by atoms with van der Waals surface area (Å²) >= 11 is 0. The third-order valence-corrected chi connectivity index (χ3v) is 3.59. The Kier molecular flexibility index (Phi) is 3.92. The van der Waals surface area contributed by atoms with E-state index in [-0.39, 0.29) is 0 Å². The van der Waals surface area contributed by atoms with Crippen LogP contribution in [0.2, 0.25) is 0 Å². The van der Waals surface area contributed by atoms with E-state index in [1.165, 1.54) is 32.1 Å². The Morgan fingerprint density at radius 3 is 2.71 bits per heavy atom. The molecule has 1 fully saturated rings. The first-order valence-corrected chi connectivity index (χ1v) is 6.80. The van der Waals surface area contributed by atoms with Crippen LogP contribution < -0.4 is 11.1 Å². The van der Waals surface area contributed by atoms with Gasteiger partial charge in [0.05, 0.1) is 11.4 Å². The minimum absolute atomic E-state index is 0.580. The van der Waals surface area contributed by atoms with Gasteiger partial charge in [0.25, 0.3) is 0 Å². The Bertz CT molecular complexity index is 364. The lowest BCUT2D eigenvalue weighted by molar-refractivity contribution is 0.460. The van der Waals surface area contributed by atoms with Crippen molar-refractivity contribution in [3.8, 4) is 0 Å². The predicted molar refractivity (Wildman–Crippen MR) is 72.1 cm³/mol. The minimum atomic E-state index is 0.580. The van der Waals surface area contributed by atoms with Crippen LogP contribution in [-0.2, 0) is 13.5 Å². The first-order chi connectivity index (χ1) is 8.22. The van der Waals surface area contributed by atoms with Crippen molar-refractivity contribution in [2.24, 2.45) is 7.05 Å². The quantitative estimate of drug-likeness (QED) is 0.845. The van der Waals surface area contributed by atoms with E-state index in [0.717, 1.165) is 30.0 Å². The molecule has 4 nitrogen and oxygen atoms in total. The Morgan fingerprint density at radius 2 is 2.06 bits per heavy atom. The molecule has 0 aromatic carbocycles. The standard InChI is InChI=1S/C13H24N4/c1-3-7-11-12(14)13(17(2)16-11)15-10-8-5-4-6-9-10/h10,15H,3-9,14H2,1-2H3.